The predicted molar refractivity (Wildman–Crippen MR) is 130 cm³/mol. The van der Waals surface area contributed by atoms with Crippen molar-refractivity contribution in [1.82, 2.24) is 14.8 Å². The van der Waals surface area contributed by atoms with E-state index in [1.54, 1.807) is 6.08 Å². The van der Waals surface area contributed by atoms with Crippen LogP contribution in [0.5, 0.6) is 5.75 Å². The summed E-state index contributed by atoms with van der Waals surface area (Å²) in [6.45, 7) is 14.4. The number of rotatable bonds is 9. The van der Waals surface area contributed by atoms with Crippen molar-refractivity contribution in [3.05, 3.63) is 77.1 Å². The highest BCUT2D eigenvalue weighted by Gasteiger charge is 2.20. The number of anilines is 1. The average molecular weight is 451 g/mol. The maximum atomic E-state index is 12.5. The van der Waals surface area contributed by atoms with Gasteiger partial charge in [-0.1, -0.05) is 47.7 Å². The molecule has 32 heavy (non-hydrogen) atoms. The van der Waals surface area contributed by atoms with Crippen LogP contribution in [-0.4, -0.2) is 26.4 Å². The first-order valence-corrected chi connectivity index (χ1v) is 11.5. The molecular weight excluding hydrogens is 420 g/mol. The number of nitrogens with one attached hydrogen (secondary N) is 1. The summed E-state index contributed by atoms with van der Waals surface area (Å²) < 4.78 is 8.11. The fraction of sp³-hybridized carbons (Fsp3) is 0.320. The van der Waals surface area contributed by atoms with Crippen LogP contribution < -0.4 is 10.1 Å². The number of allylic oxidation sites excluding steroid dienone is 1. The first-order chi connectivity index (χ1) is 15.3. The van der Waals surface area contributed by atoms with E-state index in [1.165, 1.54) is 17.3 Å². The molecule has 0 radical (unpaired) electrons. The Morgan fingerprint density at radius 1 is 1.12 bits per heavy atom. The van der Waals surface area contributed by atoms with Gasteiger partial charge in [-0.25, -0.2) is 0 Å². The van der Waals surface area contributed by atoms with E-state index in [1.807, 2.05) is 62.6 Å². The molecule has 1 heterocycles. The van der Waals surface area contributed by atoms with Crippen molar-refractivity contribution in [2.75, 3.05) is 11.1 Å². The summed E-state index contributed by atoms with van der Waals surface area (Å²) in [4.78, 5) is 12.5. The molecule has 1 aromatic heterocycles. The minimum absolute atomic E-state index is 0.0852. The molecule has 168 valence electrons. The fourth-order valence-corrected chi connectivity index (χ4v) is 4.12. The van der Waals surface area contributed by atoms with Gasteiger partial charge in [0.25, 0.3) is 0 Å². The Labute approximate surface area is 194 Å². The smallest absolute Gasteiger partial charge is 0.234 e. The molecule has 3 aromatic rings. The Bertz CT molecular complexity index is 1120. The molecule has 0 fully saturated rings. The summed E-state index contributed by atoms with van der Waals surface area (Å²) in [5, 5.41) is 12.3. The summed E-state index contributed by atoms with van der Waals surface area (Å²) in [5.41, 5.74) is 5.23. The number of ether oxygens (including phenoxy) is 1. The van der Waals surface area contributed by atoms with Crippen molar-refractivity contribution in [3.63, 3.8) is 0 Å². The highest BCUT2D eigenvalue weighted by molar-refractivity contribution is 7.99. The third-order valence-corrected chi connectivity index (χ3v) is 6.02. The van der Waals surface area contributed by atoms with E-state index in [0.29, 0.717) is 17.5 Å². The number of thioether (sulfide) groups is 1. The van der Waals surface area contributed by atoms with Gasteiger partial charge < -0.3 is 10.1 Å². The van der Waals surface area contributed by atoms with Gasteiger partial charge in [0.15, 0.2) is 17.1 Å². The molecule has 0 saturated heterocycles. The minimum atomic E-state index is -0.304. The van der Waals surface area contributed by atoms with Crippen molar-refractivity contribution in [1.29, 1.82) is 0 Å². The predicted octanol–water partition coefficient (Wildman–Crippen LogP) is 5.57. The van der Waals surface area contributed by atoms with Crippen LogP contribution >= 0.6 is 11.8 Å². The molecule has 1 amide bonds. The number of amides is 1. The largest absolute Gasteiger partial charge is 0.482 e. The summed E-state index contributed by atoms with van der Waals surface area (Å²) >= 11 is 1.35. The SMILES string of the molecule is C=CCn1c(SCC(=O)Nc2cc(C)ccc2C)nnc1C(C)Oc1ccc(C)cc1C. The number of hydrogen-bond acceptors (Lipinski definition) is 5. The van der Waals surface area contributed by atoms with Crippen molar-refractivity contribution < 1.29 is 9.53 Å². The van der Waals surface area contributed by atoms with Gasteiger partial charge in [-0.15, -0.1) is 16.8 Å². The van der Waals surface area contributed by atoms with E-state index >= 15 is 0 Å². The molecule has 1 atom stereocenters. The number of hydrogen-bond donors (Lipinski definition) is 1. The highest BCUT2D eigenvalue weighted by Crippen LogP contribution is 2.27. The number of carbonyl (C=O) groups excluding carboxylic acids is 1. The zero-order valence-electron chi connectivity index (χ0n) is 19.3. The van der Waals surface area contributed by atoms with Gasteiger partial charge in [0.05, 0.1) is 5.75 Å². The monoisotopic (exact) mass is 450 g/mol. The van der Waals surface area contributed by atoms with Crippen molar-refractivity contribution in [2.24, 2.45) is 0 Å². The van der Waals surface area contributed by atoms with Gasteiger partial charge >= 0.3 is 0 Å². The summed E-state index contributed by atoms with van der Waals surface area (Å²) in [6.07, 6.45) is 1.48. The lowest BCUT2D eigenvalue weighted by Gasteiger charge is -2.17. The van der Waals surface area contributed by atoms with Gasteiger partial charge in [0, 0.05) is 12.2 Å². The van der Waals surface area contributed by atoms with Crippen molar-refractivity contribution >= 4 is 23.4 Å². The molecule has 1 unspecified atom stereocenters. The van der Waals surface area contributed by atoms with Crippen molar-refractivity contribution in [2.45, 2.75) is 52.4 Å². The van der Waals surface area contributed by atoms with Crippen LogP contribution in [0.15, 0.2) is 54.2 Å². The molecule has 0 spiro atoms. The molecule has 7 heteroatoms. The highest BCUT2D eigenvalue weighted by atomic mass is 32.2. The number of carbonyl (C=O) groups is 1. The Morgan fingerprint density at radius 2 is 1.84 bits per heavy atom. The second kappa shape index (κ2) is 10.5. The normalized spacial score (nSPS) is 11.8. The first-order valence-electron chi connectivity index (χ1n) is 10.6. The van der Waals surface area contributed by atoms with E-state index in [0.717, 1.165) is 28.1 Å². The lowest BCUT2D eigenvalue weighted by molar-refractivity contribution is -0.113. The number of benzene rings is 2. The van der Waals surface area contributed by atoms with Crippen LogP contribution in [0.25, 0.3) is 0 Å². The maximum absolute atomic E-state index is 12.5. The number of aromatic nitrogens is 3. The van der Waals surface area contributed by atoms with E-state index in [-0.39, 0.29) is 17.8 Å². The molecule has 0 bridgehead atoms. The van der Waals surface area contributed by atoms with Gasteiger partial charge in [-0.05, 0) is 63.4 Å². The standard InChI is InChI=1S/C25H30N4O2S/c1-7-12-29-24(20(6)31-22-11-9-16(2)13-19(22)5)27-28-25(29)32-15-23(30)26-21-14-17(3)8-10-18(21)4/h7-11,13-14,20H,1,12,15H2,2-6H3,(H,26,30). The Balaban J connectivity index is 1.70. The quantitative estimate of drug-likeness (QED) is 0.341. The van der Waals surface area contributed by atoms with Gasteiger partial charge in [-0.3, -0.25) is 9.36 Å². The van der Waals surface area contributed by atoms with Crippen LogP contribution in [0, 0.1) is 27.7 Å². The van der Waals surface area contributed by atoms with E-state index in [2.05, 4.69) is 35.1 Å². The molecule has 1 N–H and O–H groups in total. The number of aryl methyl sites for hydroxylation is 4. The average Bonchev–Trinajstić information content (AvgIpc) is 3.14. The van der Waals surface area contributed by atoms with E-state index in [4.69, 9.17) is 4.74 Å². The van der Waals surface area contributed by atoms with Gasteiger partial charge in [-0.2, -0.15) is 0 Å². The zero-order chi connectivity index (χ0) is 23.3. The molecule has 0 aliphatic heterocycles. The van der Waals surface area contributed by atoms with Crippen LogP contribution in [0.3, 0.4) is 0 Å². The molecule has 0 aliphatic rings. The van der Waals surface area contributed by atoms with Gasteiger partial charge in [0.2, 0.25) is 5.91 Å². The molecule has 2 aromatic carbocycles. The Hall–Kier alpha value is -3.06. The lowest BCUT2D eigenvalue weighted by atomic mass is 10.1. The maximum Gasteiger partial charge on any atom is 0.234 e. The Morgan fingerprint density at radius 3 is 2.56 bits per heavy atom. The van der Waals surface area contributed by atoms with Crippen molar-refractivity contribution in [3.8, 4) is 5.75 Å². The first kappa shape index (κ1) is 23.6. The number of nitrogens with zero attached hydrogens (tertiary/aromatic N) is 3. The third kappa shape index (κ3) is 5.79. The van der Waals surface area contributed by atoms with Crippen LogP contribution in [-0.2, 0) is 11.3 Å². The second-order valence-electron chi connectivity index (χ2n) is 7.92. The van der Waals surface area contributed by atoms with Crippen LogP contribution in [0.1, 0.15) is 41.1 Å². The lowest BCUT2D eigenvalue weighted by Crippen LogP contribution is -2.16. The third-order valence-electron chi connectivity index (χ3n) is 5.05. The second-order valence-corrected chi connectivity index (χ2v) is 8.87. The van der Waals surface area contributed by atoms with E-state index in [9.17, 15) is 4.79 Å². The summed E-state index contributed by atoms with van der Waals surface area (Å²) in [5.74, 6) is 1.66. The summed E-state index contributed by atoms with van der Waals surface area (Å²) in [6, 6.07) is 12.1. The fourth-order valence-electron chi connectivity index (χ4n) is 3.37. The Kier molecular flexibility index (Phi) is 7.75. The molecule has 3 rings (SSSR count). The van der Waals surface area contributed by atoms with E-state index < -0.39 is 0 Å². The zero-order valence-corrected chi connectivity index (χ0v) is 20.1. The molecule has 0 aliphatic carbocycles. The molecular formula is C25H30N4O2S. The van der Waals surface area contributed by atoms with Crippen LogP contribution in [0.4, 0.5) is 5.69 Å². The van der Waals surface area contributed by atoms with Crippen LogP contribution in [0.2, 0.25) is 0 Å². The minimum Gasteiger partial charge on any atom is -0.482 e. The van der Waals surface area contributed by atoms with Gasteiger partial charge in [0.1, 0.15) is 5.75 Å². The molecule has 6 nitrogen and oxygen atoms in total. The topological polar surface area (TPSA) is 69.0 Å². The molecule has 0 saturated carbocycles. The summed E-state index contributed by atoms with van der Waals surface area (Å²) in [7, 11) is 0.